The summed E-state index contributed by atoms with van der Waals surface area (Å²) in [4.78, 5) is 12.8. The molecule has 1 aliphatic heterocycles. The summed E-state index contributed by atoms with van der Waals surface area (Å²) in [5.41, 5.74) is 3.73. The van der Waals surface area contributed by atoms with E-state index in [4.69, 9.17) is 0 Å². The number of benzene rings is 2. The van der Waals surface area contributed by atoms with E-state index in [2.05, 4.69) is 72.2 Å². The summed E-state index contributed by atoms with van der Waals surface area (Å²) in [5, 5.41) is 6.90. The molecule has 0 aromatic heterocycles. The van der Waals surface area contributed by atoms with Crippen LogP contribution in [0.3, 0.4) is 0 Å². The zero-order valence-electron chi connectivity index (χ0n) is 23.9. The highest BCUT2D eigenvalue weighted by Crippen LogP contribution is 2.38. The largest absolute Gasteiger partial charge is 0.355 e. The standard InChI is InChI=1S/C34H52N2OS/c1-2-3-4-5-6-7-8-9-10-11-12-13-14-15-16-22-27-35-33(37)32-28-38-34(36-32)31-26-21-20-25-30(31)29-23-18-17-19-24-29/h17-21,23-26,32,34,36H,2-16,22,27-28H2,1H3,(H,35,37)/t32-,34?/m0/s1. The first-order chi connectivity index (χ1) is 18.8. The topological polar surface area (TPSA) is 41.1 Å². The van der Waals surface area contributed by atoms with Gasteiger partial charge in [0.05, 0.1) is 11.4 Å². The van der Waals surface area contributed by atoms with Gasteiger partial charge in [-0.3, -0.25) is 10.1 Å². The summed E-state index contributed by atoms with van der Waals surface area (Å²) >= 11 is 1.83. The van der Waals surface area contributed by atoms with E-state index in [9.17, 15) is 4.79 Å². The highest BCUT2D eigenvalue weighted by molar-refractivity contribution is 7.99. The highest BCUT2D eigenvalue weighted by atomic mass is 32.2. The fourth-order valence-corrected chi connectivity index (χ4v) is 6.69. The average molecular weight is 537 g/mol. The van der Waals surface area contributed by atoms with Crippen LogP contribution in [0.4, 0.5) is 0 Å². The molecule has 1 heterocycles. The second-order valence-corrected chi connectivity index (χ2v) is 12.1. The molecule has 1 unspecified atom stereocenters. The van der Waals surface area contributed by atoms with Crippen LogP contribution >= 0.6 is 11.8 Å². The van der Waals surface area contributed by atoms with Crippen molar-refractivity contribution in [1.29, 1.82) is 0 Å². The summed E-state index contributed by atoms with van der Waals surface area (Å²) in [6.07, 6.45) is 22.0. The second kappa shape index (κ2) is 19.3. The molecule has 2 aromatic rings. The molecule has 0 aliphatic carbocycles. The minimum atomic E-state index is -0.116. The van der Waals surface area contributed by atoms with Gasteiger partial charge >= 0.3 is 0 Å². The van der Waals surface area contributed by atoms with Gasteiger partial charge in [0.25, 0.3) is 0 Å². The number of carbonyl (C=O) groups excluding carboxylic acids is 1. The molecule has 38 heavy (non-hydrogen) atoms. The molecule has 3 nitrogen and oxygen atoms in total. The lowest BCUT2D eigenvalue weighted by Gasteiger charge is -2.17. The molecule has 1 amide bonds. The van der Waals surface area contributed by atoms with Crippen LogP contribution in [0.5, 0.6) is 0 Å². The lowest BCUT2D eigenvalue weighted by Crippen LogP contribution is -2.42. The van der Waals surface area contributed by atoms with E-state index in [1.54, 1.807) is 0 Å². The zero-order valence-corrected chi connectivity index (χ0v) is 24.7. The monoisotopic (exact) mass is 536 g/mol. The Morgan fingerprint density at radius 2 is 1.26 bits per heavy atom. The van der Waals surface area contributed by atoms with Crippen LogP contribution in [0, 0.1) is 0 Å². The molecule has 0 spiro atoms. The summed E-state index contributed by atoms with van der Waals surface area (Å²) < 4.78 is 0. The Kier molecular flexibility index (Phi) is 15.6. The molecular weight excluding hydrogens is 484 g/mol. The zero-order chi connectivity index (χ0) is 26.7. The van der Waals surface area contributed by atoms with Crippen LogP contribution in [-0.2, 0) is 4.79 Å². The third-order valence-corrected chi connectivity index (χ3v) is 9.01. The lowest BCUT2D eigenvalue weighted by molar-refractivity contribution is -0.122. The maximum absolute atomic E-state index is 12.8. The van der Waals surface area contributed by atoms with E-state index in [0.717, 1.165) is 18.7 Å². The Labute approximate surface area is 237 Å². The van der Waals surface area contributed by atoms with Crippen molar-refractivity contribution in [3.8, 4) is 11.1 Å². The number of nitrogens with one attached hydrogen (secondary N) is 2. The van der Waals surface area contributed by atoms with Gasteiger partial charge in [0.1, 0.15) is 0 Å². The summed E-state index contributed by atoms with van der Waals surface area (Å²) in [6, 6.07) is 18.9. The molecule has 1 aliphatic rings. The molecule has 210 valence electrons. The van der Waals surface area contributed by atoms with Crippen molar-refractivity contribution in [3.63, 3.8) is 0 Å². The number of carbonyl (C=O) groups is 1. The molecule has 0 saturated carbocycles. The minimum Gasteiger partial charge on any atom is -0.355 e. The van der Waals surface area contributed by atoms with E-state index < -0.39 is 0 Å². The Morgan fingerprint density at radius 1 is 0.737 bits per heavy atom. The highest BCUT2D eigenvalue weighted by Gasteiger charge is 2.31. The Bertz CT molecular complexity index is 887. The smallest absolute Gasteiger partial charge is 0.238 e. The molecule has 2 atom stereocenters. The molecule has 4 heteroatoms. The normalized spacial score (nSPS) is 17.1. The molecule has 0 radical (unpaired) electrons. The Morgan fingerprint density at radius 3 is 1.87 bits per heavy atom. The maximum Gasteiger partial charge on any atom is 0.238 e. The second-order valence-electron chi connectivity index (χ2n) is 11.0. The van der Waals surface area contributed by atoms with Crippen LogP contribution in [0.1, 0.15) is 121 Å². The van der Waals surface area contributed by atoms with Crippen molar-refractivity contribution in [2.45, 2.75) is 121 Å². The molecule has 1 saturated heterocycles. The number of rotatable bonds is 20. The lowest BCUT2D eigenvalue weighted by atomic mass is 9.99. The van der Waals surface area contributed by atoms with Crippen LogP contribution in [0.25, 0.3) is 11.1 Å². The van der Waals surface area contributed by atoms with Crippen molar-refractivity contribution in [1.82, 2.24) is 10.6 Å². The first kappa shape index (κ1) is 30.8. The van der Waals surface area contributed by atoms with E-state index in [1.807, 2.05) is 11.8 Å². The molecule has 0 bridgehead atoms. The van der Waals surface area contributed by atoms with Gasteiger partial charge in [-0.2, -0.15) is 0 Å². The number of hydrogen-bond donors (Lipinski definition) is 2. The molecule has 3 rings (SSSR count). The van der Waals surface area contributed by atoms with E-state index >= 15 is 0 Å². The van der Waals surface area contributed by atoms with Crippen molar-refractivity contribution in [2.24, 2.45) is 0 Å². The number of thioether (sulfide) groups is 1. The van der Waals surface area contributed by atoms with Gasteiger partial charge in [0.15, 0.2) is 0 Å². The van der Waals surface area contributed by atoms with Gasteiger partial charge in [-0.25, -0.2) is 0 Å². The van der Waals surface area contributed by atoms with Crippen LogP contribution in [-0.4, -0.2) is 24.2 Å². The van der Waals surface area contributed by atoms with Crippen molar-refractivity contribution >= 4 is 17.7 Å². The first-order valence-electron chi connectivity index (χ1n) is 15.6. The molecule has 1 fully saturated rings. The van der Waals surface area contributed by atoms with Crippen molar-refractivity contribution in [2.75, 3.05) is 12.3 Å². The number of hydrogen-bond acceptors (Lipinski definition) is 3. The van der Waals surface area contributed by atoms with Crippen molar-refractivity contribution < 1.29 is 4.79 Å². The van der Waals surface area contributed by atoms with Crippen LogP contribution < -0.4 is 10.6 Å². The fraction of sp³-hybridized carbons (Fsp3) is 0.618. The van der Waals surface area contributed by atoms with Gasteiger partial charge in [0.2, 0.25) is 5.91 Å². The Balaban J connectivity index is 1.18. The third-order valence-electron chi connectivity index (χ3n) is 7.76. The quantitative estimate of drug-likeness (QED) is 0.166. The number of unbranched alkanes of at least 4 members (excludes halogenated alkanes) is 15. The molecule has 2 aromatic carbocycles. The summed E-state index contributed by atoms with van der Waals surface area (Å²) in [5.74, 6) is 0.969. The fourth-order valence-electron chi connectivity index (χ4n) is 5.42. The van der Waals surface area contributed by atoms with Crippen LogP contribution in [0.2, 0.25) is 0 Å². The summed E-state index contributed by atoms with van der Waals surface area (Å²) in [7, 11) is 0. The molecular formula is C34H52N2OS. The third kappa shape index (κ3) is 11.5. The van der Waals surface area contributed by atoms with Gasteiger partial charge in [-0.15, -0.1) is 11.8 Å². The van der Waals surface area contributed by atoms with Crippen molar-refractivity contribution in [3.05, 3.63) is 60.2 Å². The predicted molar refractivity (Wildman–Crippen MR) is 167 cm³/mol. The van der Waals surface area contributed by atoms with Crippen LogP contribution in [0.15, 0.2) is 54.6 Å². The Hall–Kier alpha value is -1.78. The van der Waals surface area contributed by atoms with Gasteiger partial charge < -0.3 is 5.32 Å². The van der Waals surface area contributed by atoms with Gasteiger partial charge in [-0.1, -0.05) is 158 Å². The summed E-state index contributed by atoms with van der Waals surface area (Å²) in [6.45, 7) is 3.09. The number of amides is 1. The van der Waals surface area contributed by atoms with E-state index in [1.165, 1.54) is 113 Å². The predicted octanol–water partition coefficient (Wildman–Crippen LogP) is 9.43. The van der Waals surface area contributed by atoms with E-state index in [0.29, 0.717) is 0 Å². The maximum atomic E-state index is 12.8. The van der Waals surface area contributed by atoms with E-state index in [-0.39, 0.29) is 17.3 Å². The first-order valence-corrected chi connectivity index (χ1v) is 16.6. The minimum absolute atomic E-state index is 0.116. The average Bonchev–Trinajstić information content (AvgIpc) is 3.45. The molecule has 2 N–H and O–H groups in total. The van der Waals surface area contributed by atoms with Gasteiger partial charge in [0, 0.05) is 12.3 Å². The SMILES string of the molecule is CCCCCCCCCCCCCCCCCCNC(=O)[C@@H]1CSC(c2ccccc2-c2ccccc2)N1. The van der Waals surface area contributed by atoms with Gasteiger partial charge in [-0.05, 0) is 23.1 Å².